The van der Waals surface area contributed by atoms with E-state index in [1.54, 1.807) is 7.11 Å². The van der Waals surface area contributed by atoms with Crippen molar-refractivity contribution in [3.8, 4) is 11.5 Å². The van der Waals surface area contributed by atoms with E-state index in [0.29, 0.717) is 13.2 Å². The van der Waals surface area contributed by atoms with Gasteiger partial charge in [0, 0.05) is 0 Å². The Bertz CT molecular complexity index is 750. The molecule has 0 aliphatic heterocycles. The number of H-pyrrole nitrogens is 1. The molecule has 22 heavy (non-hydrogen) atoms. The maximum atomic E-state index is 5.66. The van der Waals surface area contributed by atoms with E-state index in [2.05, 4.69) is 34.3 Å². The topological polar surface area (TPSA) is 59.2 Å². The van der Waals surface area contributed by atoms with Crippen molar-refractivity contribution in [2.75, 3.05) is 25.6 Å². The number of aromatic nitrogens is 2. The van der Waals surface area contributed by atoms with Crippen molar-refractivity contribution >= 4 is 17.0 Å². The summed E-state index contributed by atoms with van der Waals surface area (Å²) in [6.45, 7) is 3.29. The number of benzene rings is 2. The number of imidazole rings is 1. The lowest BCUT2D eigenvalue weighted by Gasteiger charge is -2.07. The summed E-state index contributed by atoms with van der Waals surface area (Å²) >= 11 is 0. The van der Waals surface area contributed by atoms with Gasteiger partial charge in [0.25, 0.3) is 0 Å². The fourth-order valence-electron chi connectivity index (χ4n) is 2.22. The van der Waals surface area contributed by atoms with Crippen LogP contribution in [0.1, 0.15) is 5.56 Å². The molecule has 0 fully saturated rings. The van der Waals surface area contributed by atoms with Crippen molar-refractivity contribution in [1.29, 1.82) is 0 Å². The number of hydrogen-bond acceptors (Lipinski definition) is 4. The number of aromatic amines is 1. The molecule has 0 saturated heterocycles. The quantitative estimate of drug-likeness (QED) is 0.685. The van der Waals surface area contributed by atoms with Crippen LogP contribution in [0.15, 0.2) is 42.5 Å². The minimum atomic E-state index is 0.558. The second-order valence-electron chi connectivity index (χ2n) is 5.06. The van der Waals surface area contributed by atoms with Gasteiger partial charge in [-0.2, -0.15) is 0 Å². The van der Waals surface area contributed by atoms with Crippen LogP contribution in [0.25, 0.3) is 11.0 Å². The fourth-order valence-corrected chi connectivity index (χ4v) is 2.22. The van der Waals surface area contributed by atoms with Crippen LogP contribution in [0.3, 0.4) is 0 Å². The molecule has 2 aromatic carbocycles. The molecule has 0 spiro atoms. The molecule has 0 atom stereocenters. The van der Waals surface area contributed by atoms with E-state index in [1.165, 1.54) is 5.56 Å². The third kappa shape index (κ3) is 3.31. The number of rotatable bonds is 6. The smallest absolute Gasteiger partial charge is 0.201 e. The van der Waals surface area contributed by atoms with E-state index in [9.17, 15) is 0 Å². The Morgan fingerprint density at radius 2 is 1.86 bits per heavy atom. The highest BCUT2D eigenvalue weighted by Gasteiger charge is 2.02. The first kappa shape index (κ1) is 14.3. The standard InChI is InChI=1S/C17H19N3O2/c1-12-3-8-15-16(11-12)20-17(19-15)18-9-10-22-14-6-4-13(21-2)5-7-14/h3-8,11H,9-10H2,1-2H3,(H2,18,19,20). The molecule has 0 aliphatic carbocycles. The molecule has 0 radical (unpaired) electrons. The van der Waals surface area contributed by atoms with Gasteiger partial charge in [0.15, 0.2) is 0 Å². The predicted molar refractivity (Wildman–Crippen MR) is 87.8 cm³/mol. The molecule has 2 N–H and O–H groups in total. The molecule has 1 aromatic heterocycles. The van der Waals surface area contributed by atoms with Crippen LogP contribution in [-0.2, 0) is 0 Å². The van der Waals surface area contributed by atoms with Crippen molar-refractivity contribution in [3.63, 3.8) is 0 Å². The average molecular weight is 297 g/mol. The van der Waals surface area contributed by atoms with E-state index in [-0.39, 0.29) is 0 Å². The van der Waals surface area contributed by atoms with E-state index in [0.717, 1.165) is 28.5 Å². The zero-order valence-corrected chi connectivity index (χ0v) is 12.7. The Labute approximate surface area is 129 Å². The lowest BCUT2D eigenvalue weighted by Crippen LogP contribution is -2.12. The average Bonchev–Trinajstić information content (AvgIpc) is 2.94. The van der Waals surface area contributed by atoms with Crippen LogP contribution in [0.2, 0.25) is 0 Å². The summed E-state index contributed by atoms with van der Waals surface area (Å²) in [5.41, 5.74) is 3.22. The third-order valence-electron chi connectivity index (χ3n) is 3.36. The lowest BCUT2D eigenvalue weighted by molar-refractivity contribution is 0.331. The number of ether oxygens (including phenoxy) is 2. The van der Waals surface area contributed by atoms with Gasteiger partial charge in [-0.1, -0.05) is 6.07 Å². The third-order valence-corrected chi connectivity index (χ3v) is 3.36. The Morgan fingerprint density at radius 1 is 1.09 bits per heavy atom. The monoisotopic (exact) mass is 297 g/mol. The molecule has 5 nitrogen and oxygen atoms in total. The van der Waals surface area contributed by atoms with Gasteiger partial charge < -0.3 is 19.8 Å². The van der Waals surface area contributed by atoms with Crippen molar-refractivity contribution in [2.24, 2.45) is 0 Å². The maximum Gasteiger partial charge on any atom is 0.201 e. The molecular formula is C17H19N3O2. The predicted octanol–water partition coefficient (Wildman–Crippen LogP) is 3.37. The molecule has 0 saturated carbocycles. The van der Waals surface area contributed by atoms with E-state index in [4.69, 9.17) is 9.47 Å². The first-order chi connectivity index (χ1) is 10.7. The highest BCUT2D eigenvalue weighted by atomic mass is 16.5. The molecule has 5 heteroatoms. The largest absolute Gasteiger partial charge is 0.497 e. The summed E-state index contributed by atoms with van der Waals surface area (Å²) in [5, 5.41) is 3.23. The number of fused-ring (bicyclic) bond motifs is 1. The summed E-state index contributed by atoms with van der Waals surface area (Å²) in [6, 6.07) is 13.7. The zero-order chi connectivity index (χ0) is 15.4. The van der Waals surface area contributed by atoms with Crippen molar-refractivity contribution in [2.45, 2.75) is 6.92 Å². The van der Waals surface area contributed by atoms with Gasteiger partial charge in [0.1, 0.15) is 18.1 Å². The SMILES string of the molecule is COc1ccc(OCCNc2nc3ccc(C)cc3[nH]2)cc1. The number of methoxy groups -OCH3 is 1. The van der Waals surface area contributed by atoms with E-state index in [1.807, 2.05) is 30.3 Å². The van der Waals surface area contributed by atoms with Gasteiger partial charge >= 0.3 is 0 Å². The van der Waals surface area contributed by atoms with Gasteiger partial charge in [-0.05, 0) is 48.9 Å². The van der Waals surface area contributed by atoms with Gasteiger partial charge in [-0.25, -0.2) is 4.98 Å². The van der Waals surface area contributed by atoms with Gasteiger partial charge in [0.2, 0.25) is 5.95 Å². The molecule has 0 amide bonds. The highest BCUT2D eigenvalue weighted by molar-refractivity contribution is 5.78. The first-order valence-electron chi connectivity index (χ1n) is 7.22. The van der Waals surface area contributed by atoms with E-state index >= 15 is 0 Å². The van der Waals surface area contributed by atoms with Crippen LogP contribution >= 0.6 is 0 Å². The van der Waals surface area contributed by atoms with Gasteiger partial charge in [-0.15, -0.1) is 0 Å². The van der Waals surface area contributed by atoms with Crippen LogP contribution in [0.5, 0.6) is 11.5 Å². The van der Waals surface area contributed by atoms with Crippen LogP contribution in [0, 0.1) is 6.92 Å². The summed E-state index contributed by atoms with van der Waals surface area (Å²) in [7, 11) is 1.65. The Morgan fingerprint density at radius 3 is 2.64 bits per heavy atom. The lowest BCUT2D eigenvalue weighted by atomic mass is 10.2. The fraction of sp³-hybridized carbons (Fsp3) is 0.235. The maximum absolute atomic E-state index is 5.66. The minimum absolute atomic E-state index is 0.558. The Hall–Kier alpha value is -2.69. The Balaban J connectivity index is 1.51. The minimum Gasteiger partial charge on any atom is -0.497 e. The second-order valence-corrected chi connectivity index (χ2v) is 5.06. The number of nitrogens with one attached hydrogen (secondary N) is 2. The van der Waals surface area contributed by atoms with Crippen LogP contribution in [-0.4, -0.2) is 30.2 Å². The first-order valence-corrected chi connectivity index (χ1v) is 7.22. The van der Waals surface area contributed by atoms with Gasteiger partial charge in [-0.3, -0.25) is 0 Å². The molecule has 1 heterocycles. The highest BCUT2D eigenvalue weighted by Crippen LogP contribution is 2.17. The molecular weight excluding hydrogens is 278 g/mol. The molecule has 3 aromatic rings. The zero-order valence-electron chi connectivity index (χ0n) is 12.7. The molecule has 0 bridgehead atoms. The number of hydrogen-bond donors (Lipinski definition) is 2. The van der Waals surface area contributed by atoms with Crippen molar-refractivity contribution in [3.05, 3.63) is 48.0 Å². The van der Waals surface area contributed by atoms with E-state index < -0.39 is 0 Å². The van der Waals surface area contributed by atoms with Gasteiger partial charge in [0.05, 0.1) is 24.7 Å². The van der Waals surface area contributed by atoms with Crippen molar-refractivity contribution in [1.82, 2.24) is 9.97 Å². The summed E-state index contributed by atoms with van der Waals surface area (Å²) < 4.78 is 10.8. The summed E-state index contributed by atoms with van der Waals surface area (Å²) in [6.07, 6.45) is 0. The second kappa shape index (κ2) is 6.39. The molecule has 114 valence electrons. The Kier molecular flexibility index (Phi) is 4.14. The molecule has 3 rings (SSSR count). The molecule has 0 unspecified atom stereocenters. The molecule has 0 aliphatic rings. The number of nitrogens with zero attached hydrogens (tertiary/aromatic N) is 1. The van der Waals surface area contributed by atoms with Crippen LogP contribution < -0.4 is 14.8 Å². The van der Waals surface area contributed by atoms with Crippen LogP contribution in [0.4, 0.5) is 5.95 Å². The summed E-state index contributed by atoms with van der Waals surface area (Å²) in [4.78, 5) is 7.74. The number of aryl methyl sites for hydroxylation is 1. The number of anilines is 1. The normalized spacial score (nSPS) is 10.6. The summed E-state index contributed by atoms with van der Waals surface area (Å²) in [5.74, 6) is 2.41. The van der Waals surface area contributed by atoms with Crippen molar-refractivity contribution < 1.29 is 9.47 Å².